The number of furan rings is 1. The van der Waals surface area contributed by atoms with Gasteiger partial charge in [0, 0.05) is 18.0 Å². The van der Waals surface area contributed by atoms with E-state index < -0.39 is 0 Å². The molecule has 0 saturated heterocycles. The summed E-state index contributed by atoms with van der Waals surface area (Å²) in [6.45, 7) is 1.15. The van der Waals surface area contributed by atoms with Crippen molar-refractivity contribution >= 4 is 23.2 Å². The molecule has 0 aliphatic heterocycles. The molecule has 1 aromatic heterocycles. The van der Waals surface area contributed by atoms with Crippen LogP contribution in [-0.2, 0) is 11.3 Å². The van der Waals surface area contributed by atoms with E-state index in [1.165, 1.54) is 0 Å². The minimum Gasteiger partial charge on any atom is -0.495 e. The van der Waals surface area contributed by atoms with Gasteiger partial charge in [0.2, 0.25) is 5.91 Å². The lowest BCUT2D eigenvalue weighted by Gasteiger charge is -2.10. The molecule has 1 amide bonds. The number of benzene rings is 1. The molecule has 0 aliphatic rings. The largest absolute Gasteiger partial charge is 0.495 e. The zero-order chi connectivity index (χ0) is 15.1. The van der Waals surface area contributed by atoms with Crippen LogP contribution in [0, 0.1) is 0 Å². The Morgan fingerprint density at radius 1 is 1.38 bits per heavy atom. The van der Waals surface area contributed by atoms with Crippen LogP contribution in [0.25, 0.3) is 0 Å². The van der Waals surface area contributed by atoms with Crippen molar-refractivity contribution in [3.63, 3.8) is 0 Å². The van der Waals surface area contributed by atoms with Crippen molar-refractivity contribution in [1.29, 1.82) is 0 Å². The minimum absolute atomic E-state index is 0.109. The van der Waals surface area contributed by atoms with Gasteiger partial charge in [-0.25, -0.2) is 0 Å². The maximum absolute atomic E-state index is 11.9. The van der Waals surface area contributed by atoms with E-state index >= 15 is 0 Å². The van der Waals surface area contributed by atoms with Crippen molar-refractivity contribution in [2.75, 3.05) is 19.0 Å². The summed E-state index contributed by atoms with van der Waals surface area (Å²) in [6, 6.07) is 8.79. The maximum Gasteiger partial charge on any atom is 0.225 e. The third kappa shape index (κ3) is 4.81. The Labute approximate surface area is 128 Å². The summed E-state index contributed by atoms with van der Waals surface area (Å²) in [5, 5.41) is 6.46. The molecule has 2 aromatic rings. The van der Waals surface area contributed by atoms with E-state index in [9.17, 15) is 4.79 Å². The molecule has 2 N–H and O–H groups in total. The Morgan fingerprint density at radius 3 is 2.95 bits per heavy atom. The van der Waals surface area contributed by atoms with Gasteiger partial charge in [-0.2, -0.15) is 0 Å². The van der Waals surface area contributed by atoms with Crippen molar-refractivity contribution in [3.8, 4) is 5.75 Å². The van der Waals surface area contributed by atoms with E-state index in [-0.39, 0.29) is 5.91 Å². The Hall–Kier alpha value is -1.98. The van der Waals surface area contributed by atoms with E-state index in [0.29, 0.717) is 36.0 Å². The minimum atomic E-state index is -0.109. The highest BCUT2D eigenvalue weighted by atomic mass is 35.5. The van der Waals surface area contributed by atoms with E-state index in [4.69, 9.17) is 20.8 Å². The first-order chi connectivity index (χ1) is 10.2. The van der Waals surface area contributed by atoms with Crippen molar-refractivity contribution in [2.24, 2.45) is 0 Å². The van der Waals surface area contributed by atoms with E-state index in [0.717, 1.165) is 5.76 Å². The molecule has 0 bridgehead atoms. The molecule has 0 aliphatic carbocycles. The number of halogens is 1. The number of hydrogen-bond acceptors (Lipinski definition) is 4. The fraction of sp³-hybridized carbons (Fsp3) is 0.267. The Morgan fingerprint density at radius 2 is 2.24 bits per heavy atom. The smallest absolute Gasteiger partial charge is 0.225 e. The van der Waals surface area contributed by atoms with Gasteiger partial charge in [0.1, 0.15) is 11.5 Å². The highest BCUT2D eigenvalue weighted by Crippen LogP contribution is 2.27. The summed E-state index contributed by atoms with van der Waals surface area (Å²) in [5.74, 6) is 1.31. The zero-order valence-corrected chi connectivity index (χ0v) is 12.4. The molecule has 21 heavy (non-hydrogen) atoms. The summed E-state index contributed by atoms with van der Waals surface area (Å²) < 4.78 is 10.4. The topological polar surface area (TPSA) is 63.5 Å². The molecule has 5 nitrogen and oxygen atoms in total. The van der Waals surface area contributed by atoms with Crippen molar-refractivity contribution in [1.82, 2.24) is 5.32 Å². The summed E-state index contributed by atoms with van der Waals surface area (Å²) in [6.07, 6.45) is 1.96. The number of rotatable bonds is 7. The molecule has 6 heteroatoms. The van der Waals surface area contributed by atoms with Gasteiger partial charge in [0.15, 0.2) is 0 Å². The van der Waals surface area contributed by atoms with Crippen LogP contribution in [0.4, 0.5) is 5.69 Å². The molecule has 0 atom stereocenters. The number of methoxy groups -OCH3 is 1. The van der Waals surface area contributed by atoms with Crippen LogP contribution in [0.3, 0.4) is 0 Å². The number of carbonyl (C=O) groups excluding carboxylic acids is 1. The fourth-order valence-corrected chi connectivity index (χ4v) is 1.99. The number of carbonyl (C=O) groups is 1. The van der Waals surface area contributed by atoms with Crippen LogP contribution in [0.1, 0.15) is 12.2 Å². The lowest BCUT2D eigenvalue weighted by Crippen LogP contribution is -2.21. The summed E-state index contributed by atoms with van der Waals surface area (Å²) in [5.41, 5.74) is 0.570. The fourth-order valence-electron chi connectivity index (χ4n) is 1.82. The van der Waals surface area contributed by atoms with Gasteiger partial charge in [-0.1, -0.05) is 11.6 Å². The molecule has 2 rings (SSSR count). The average Bonchev–Trinajstić information content (AvgIpc) is 2.97. The number of nitrogens with one attached hydrogen (secondary N) is 2. The van der Waals surface area contributed by atoms with Gasteiger partial charge in [-0.15, -0.1) is 0 Å². The van der Waals surface area contributed by atoms with E-state index in [1.54, 1.807) is 31.6 Å². The molecule has 1 heterocycles. The molecule has 0 unspecified atom stereocenters. The van der Waals surface area contributed by atoms with Crippen molar-refractivity contribution < 1.29 is 13.9 Å². The summed E-state index contributed by atoms with van der Waals surface area (Å²) in [7, 11) is 1.55. The summed E-state index contributed by atoms with van der Waals surface area (Å²) >= 11 is 5.91. The van der Waals surface area contributed by atoms with Crippen LogP contribution in [0.5, 0.6) is 5.75 Å². The van der Waals surface area contributed by atoms with Crippen molar-refractivity contribution in [3.05, 3.63) is 47.4 Å². The van der Waals surface area contributed by atoms with Crippen LogP contribution < -0.4 is 15.4 Å². The number of hydrogen-bond donors (Lipinski definition) is 2. The quantitative estimate of drug-likeness (QED) is 0.772. The highest BCUT2D eigenvalue weighted by Gasteiger charge is 2.08. The second-order valence-corrected chi connectivity index (χ2v) is 4.84. The van der Waals surface area contributed by atoms with Gasteiger partial charge < -0.3 is 19.8 Å². The average molecular weight is 309 g/mol. The first kappa shape index (κ1) is 15.4. The molecule has 0 fully saturated rings. The summed E-state index contributed by atoms with van der Waals surface area (Å²) in [4.78, 5) is 11.9. The van der Waals surface area contributed by atoms with Crippen molar-refractivity contribution in [2.45, 2.75) is 13.0 Å². The lowest BCUT2D eigenvalue weighted by atomic mass is 10.2. The second kappa shape index (κ2) is 7.71. The number of ether oxygens (including phenoxy) is 1. The molecular weight excluding hydrogens is 292 g/mol. The molecule has 0 saturated carbocycles. The highest BCUT2D eigenvalue weighted by molar-refractivity contribution is 6.31. The predicted octanol–water partition coefficient (Wildman–Crippen LogP) is 3.06. The first-order valence-electron chi connectivity index (χ1n) is 6.55. The first-order valence-corrected chi connectivity index (χ1v) is 6.93. The van der Waals surface area contributed by atoms with Crippen LogP contribution in [0.15, 0.2) is 41.0 Å². The standard InChI is InChI=1S/C15H17ClN2O3/c1-20-14-5-4-11(16)9-13(14)18-15(19)6-7-17-10-12-3-2-8-21-12/h2-5,8-9,17H,6-7,10H2,1H3,(H,18,19). The van der Waals surface area contributed by atoms with Gasteiger partial charge in [0.05, 0.1) is 25.6 Å². The predicted molar refractivity (Wildman–Crippen MR) is 81.7 cm³/mol. The third-order valence-corrected chi connectivity index (χ3v) is 3.08. The van der Waals surface area contributed by atoms with Gasteiger partial charge in [0.25, 0.3) is 0 Å². The van der Waals surface area contributed by atoms with Crippen LogP contribution in [-0.4, -0.2) is 19.6 Å². The Kier molecular flexibility index (Phi) is 5.66. The second-order valence-electron chi connectivity index (χ2n) is 4.40. The molecule has 112 valence electrons. The van der Waals surface area contributed by atoms with Crippen LogP contribution in [0.2, 0.25) is 5.02 Å². The van der Waals surface area contributed by atoms with E-state index in [1.807, 2.05) is 12.1 Å². The van der Waals surface area contributed by atoms with E-state index in [2.05, 4.69) is 10.6 Å². The Balaban J connectivity index is 1.77. The lowest BCUT2D eigenvalue weighted by molar-refractivity contribution is -0.116. The third-order valence-electron chi connectivity index (χ3n) is 2.84. The van der Waals surface area contributed by atoms with Gasteiger partial charge >= 0.3 is 0 Å². The maximum atomic E-state index is 11.9. The number of anilines is 1. The number of amides is 1. The monoisotopic (exact) mass is 308 g/mol. The van der Waals surface area contributed by atoms with Gasteiger partial charge in [-0.3, -0.25) is 4.79 Å². The van der Waals surface area contributed by atoms with Gasteiger partial charge in [-0.05, 0) is 30.3 Å². The molecule has 0 spiro atoms. The molecule has 0 radical (unpaired) electrons. The molecular formula is C15H17ClN2O3. The Bertz CT molecular complexity index is 585. The molecule has 1 aromatic carbocycles. The normalized spacial score (nSPS) is 10.4. The zero-order valence-electron chi connectivity index (χ0n) is 11.7. The SMILES string of the molecule is COc1ccc(Cl)cc1NC(=O)CCNCc1ccco1. The van der Waals surface area contributed by atoms with Crippen LogP contribution >= 0.6 is 11.6 Å².